The van der Waals surface area contributed by atoms with Gasteiger partial charge >= 0.3 is 6.18 Å². The molecule has 2 amide bonds. The summed E-state index contributed by atoms with van der Waals surface area (Å²) < 4.78 is 38.6. The van der Waals surface area contributed by atoms with E-state index in [2.05, 4.69) is 5.32 Å². The summed E-state index contributed by atoms with van der Waals surface area (Å²) in [6, 6.07) is 10.8. The van der Waals surface area contributed by atoms with Gasteiger partial charge in [0.15, 0.2) is 0 Å². The van der Waals surface area contributed by atoms with Gasteiger partial charge in [-0.05, 0) is 35.7 Å². The second kappa shape index (κ2) is 7.60. The second-order valence-electron chi connectivity index (χ2n) is 6.25. The number of nitrogens with one attached hydrogen (secondary N) is 1. The number of fused-ring (bicyclic) bond motifs is 1. The van der Waals surface area contributed by atoms with Gasteiger partial charge in [-0.2, -0.15) is 13.2 Å². The molecular weight excluding hydrogens is 381 g/mol. The molecule has 0 atom stereocenters. The average molecular weight is 397 g/mol. The fraction of sp³-hybridized carbons (Fsp3) is 0.263. The summed E-state index contributed by atoms with van der Waals surface area (Å²) in [6.45, 7) is 0.920. The summed E-state index contributed by atoms with van der Waals surface area (Å²) in [5.74, 6) is -1.04. The van der Waals surface area contributed by atoms with Crippen molar-refractivity contribution in [2.24, 2.45) is 0 Å². The van der Waals surface area contributed by atoms with Crippen molar-refractivity contribution in [3.05, 3.63) is 64.2 Å². The van der Waals surface area contributed by atoms with Gasteiger partial charge in [0.25, 0.3) is 0 Å². The highest BCUT2D eigenvalue weighted by atomic mass is 35.5. The van der Waals surface area contributed by atoms with E-state index < -0.39 is 29.1 Å². The lowest BCUT2D eigenvalue weighted by molar-refractivity contribution is -0.138. The molecule has 0 unspecified atom stereocenters. The van der Waals surface area contributed by atoms with Crippen LogP contribution in [-0.2, 0) is 28.7 Å². The molecule has 0 fully saturated rings. The number of hydrogen-bond donors (Lipinski definition) is 1. The first kappa shape index (κ1) is 19.2. The summed E-state index contributed by atoms with van der Waals surface area (Å²) in [5, 5.41) is 1.87. The van der Waals surface area contributed by atoms with Crippen LogP contribution in [0.2, 0.25) is 5.02 Å². The van der Waals surface area contributed by atoms with Crippen LogP contribution in [-0.4, -0.2) is 23.3 Å². The number of amides is 2. The molecule has 1 N–H and O–H groups in total. The molecule has 0 radical (unpaired) electrons. The fourth-order valence-corrected chi connectivity index (χ4v) is 3.21. The van der Waals surface area contributed by atoms with Crippen molar-refractivity contribution in [3.63, 3.8) is 0 Å². The first-order valence-electron chi connectivity index (χ1n) is 8.25. The first-order valence-corrected chi connectivity index (χ1v) is 8.63. The summed E-state index contributed by atoms with van der Waals surface area (Å²) in [6.07, 6.45) is -4.36. The lowest BCUT2D eigenvalue weighted by Crippen LogP contribution is -2.37. The minimum Gasteiger partial charge on any atom is -0.338 e. The van der Waals surface area contributed by atoms with Crippen LogP contribution in [0.1, 0.15) is 23.1 Å². The fourth-order valence-electron chi connectivity index (χ4n) is 2.98. The van der Waals surface area contributed by atoms with Crippen LogP contribution in [0.3, 0.4) is 0 Å². The highest BCUT2D eigenvalue weighted by Gasteiger charge is 2.33. The van der Waals surface area contributed by atoms with Crippen molar-refractivity contribution < 1.29 is 22.8 Å². The molecule has 0 spiro atoms. The molecule has 2 aromatic rings. The first-order chi connectivity index (χ1) is 12.7. The number of carbonyl (C=O) groups is 2. The Morgan fingerprint density at radius 3 is 2.52 bits per heavy atom. The molecule has 0 saturated carbocycles. The Morgan fingerprint density at radius 1 is 1.11 bits per heavy atom. The predicted molar refractivity (Wildman–Crippen MR) is 95.3 cm³/mol. The number of nitrogens with zero attached hydrogens (tertiary/aromatic N) is 1. The van der Waals surface area contributed by atoms with Crippen LogP contribution in [0, 0.1) is 0 Å². The number of alkyl halides is 3. The lowest BCUT2D eigenvalue weighted by Gasteiger charge is -2.28. The molecule has 1 aliphatic rings. The predicted octanol–water partition coefficient (Wildman–Crippen LogP) is 4.27. The molecule has 0 bridgehead atoms. The summed E-state index contributed by atoms with van der Waals surface area (Å²) in [4.78, 5) is 26.0. The molecule has 2 aromatic carbocycles. The van der Waals surface area contributed by atoms with E-state index in [0.717, 1.165) is 17.7 Å². The van der Waals surface area contributed by atoms with E-state index in [9.17, 15) is 22.8 Å². The van der Waals surface area contributed by atoms with E-state index in [0.29, 0.717) is 19.5 Å². The Labute approximate surface area is 158 Å². The maximum Gasteiger partial charge on any atom is 0.417 e. The quantitative estimate of drug-likeness (QED) is 0.787. The van der Waals surface area contributed by atoms with E-state index >= 15 is 0 Å². The van der Waals surface area contributed by atoms with Gasteiger partial charge in [-0.3, -0.25) is 9.59 Å². The normalized spacial score (nSPS) is 13.9. The van der Waals surface area contributed by atoms with Crippen LogP contribution < -0.4 is 5.32 Å². The topological polar surface area (TPSA) is 49.4 Å². The zero-order valence-corrected chi connectivity index (χ0v) is 14.9. The number of halogens is 4. The average Bonchev–Trinajstić information content (AvgIpc) is 2.62. The second-order valence-corrected chi connectivity index (χ2v) is 6.66. The van der Waals surface area contributed by atoms with Crippen molar-refractivity contribution in [2.45, 2.75) is 25.6 Å². The van der Waals surface area contributed by atoms with Crippen LogP contribution in [0.15, 0.2) is 42.5 Å². The molecule has 1 aliphatic heterocycles. The maximum atomic E-state index is 12.9. The molecular formula is C19H16ClF3N2O2. The van der Waals surface area contributed by atoms with E-state index in [1.54, 1.807) is 4.90 Å². The Morgan fingerprint density at radius 2 is 1.81 bits per heavy atom. The third-order valence-corrected chi connectivity index (χ3v) is 4.68. The van der Waals surface area contributed by atoms with E-state index in [1.165, 1.54) is 11.6 Å². The summed E-state index contributed by atoms with van der Waals surface area (Å²) in [7, 11) is 0. The molecule has 0 saturated heterocycles. The molecule has 8 heteroatoms. The van der Waals surface area contributed by atoms with Crippen molar-refractivity contribution in [3.8, 4) is 0 Å². The van der Waals surface area contributed by atoms with Crippen LogP contribution >= 0.6 is 11.6 Å². The third-order valence-electron chi connectivity index (χ3n) is 4.35. The Hall–Kier alpha value is -2.54. The van der Waals surface area contributed by atoms with Crippen LogP contribution in [0.25, 0.3) is 0 Å². The molecule has 0 aliphatic carbocycles. The monoisotopic (exact) mass is 396 g/mol. The van der Waals surface area contributed by atoms with Gasteiger partial charge in [0.05, 0.1) is 10.6 Å². The SMILES string of the molecule is O=C(CC(=O)N1CCc2ccccc2C1)Nc1ccc(Cl)c(C(F)(F)F)c1. The summed E-state index contributed by atoms with van der Waals surface area (Å²) in [5.41, 5.74) is 1.10. The molecule has 142 valence electrons. The lowest BCUT2D eigenvalue weighted by atomic mass is 10.00. The van der Waals surface area contributed by atoms with Crippen molar-refractivity contribution in [1.82, 2.24) is 4.90 Å². The van der Waals surface area contributed by atoms with Crippen LogP contribution in [0.4, 0.5) is 18.9 Å². The maximum absolute atomic E-state index is 12.9. The molecule has 1 heterocycles. The van der Waals surface area contributed by atoms with Crippen LogP contribution in [0.5, 0.6) is 0 Å². The summed E-state index contributed by atoms with van der Waals surface area (Å²) >= 11 is 5.55. The third kappa shape index (κ3) is 4.60. The molecule has 3 rings (SSSR count). The van der Waals surface area contributed by atoms with Gasteiger partial charge in [0, 0.05) is 18.8 Å². The standard InChI is InChI=1S/C19H16ClF3N2O2/c20-16-6-5-14(9-15(16)19(21,22)23)24-17(26)10-18(27)25-8-7-12-3-1-2-4-13(12)11-25/h1-6,9H,7-8,10-11H2,(H,24,26). The number of benzene rings is 2. The highest BCUT2D eigenvalue weighted by Crippen LogP contribution is 2.36. The van der Waals surface area contributed by atoms with E-state index in [-0.39, 0.29) is 11.6 Å². The van der Waals surface area contributed by atoms with Gasteiger partial charge in [0.1, 0.15) is 6.42 Å². The minimum atomic E-state index is -4.63. The van der Waals surface area contributed by atoms with E-state index in [1.807, 2.05) is 24.3 Å². The number of hydrogen-bond acceptors (Lipinski definition) is 2. The van der Waals surface area contributed by atoms with Gasteiger partial charge < -0.3 is 10.2 Å². The van der Waals surface area contributed by atoms with Gasteiger partial charge in [-0.15, -0.1) is 0 Å². The smallest absolute Gasteiger partial charge is 0.338 e. The zero-order chi connectivity index (χ0) is 19.6. The largest absolute Gasteiger partial charge is 0.417 e. The number of carbonyl (C=O) groups excluding carboxylic acids is 2. The highest BCUT2D eigenvalue weighted by molar-refractivity contribution is 6.31. The number of rotatable bonds is 3. The Kier molecular flexibility index (Phi) is 5.41. The minimum absolute atomic E-state index is 0.0616. The van der Waals surface area contributed by atoms with Gasteiger partial charge in [-0.25, -0.2) is 0 Å². The molecule has 27 heavy (non-hydrogen) atoms. The van der Waals surface area contributed by atoms with Gasteiger partial charge in [-0.1, -0.05) is 35.9 Å². The Balaban J connectivity index is 1.62. The number of anilines is 1. The molecule has 4 nitrogen and oxygen atoms in total. The van der Waals surface area contributed by atoms with Crippen molar-refractivity contribution in [2.75, 3.05) is 11.9 Å². The van der Waals surface area contributed by atoms with Crippen molar-refractivity contribution in [1.29, 1.82) is 0 Å². The van der Waals surface area contributed by atoms with E-state index in [4.69, 9.17) is 11.6 Å². The Bertz CT molecular complexity index is 883. The zero-order valence-electron chi connectivity index (χ0n) is 14.1. The van der Waals surface area contributed by atoms with Crippen molar-refractivity contribution >= 4 is 29.1 Å². The van der Waals surface area contributed by atoms with Gasteiger partial charge in [0.2, 0.25) is 11.8 Å². The molecule has 0 aromatic heterocycles.